The van der Waals surface area contributed by atoms with E-state index in [4.69, 9.17) is 0 Å². The highest BCUT2D eigenvalue weighted by molar-refractivity contribution is 6.24. The number of hydrogen-bond acceptors (Lipinski definition) is 2. The molecule has 0 radical (unpaired) electrons. The quantitative estimate of drug-likeness (QED) is 0.156. The number of fused-ring (bicyclic) bond motifs is 5. The van der Waals surface area contributed by atoms with Crippen LogP contribution in [0.3, 0.4) is 0 Å². The molecule has 0 saturated heterocycles. The first-order valence-corrected chi connectivity index (χ1v) is 20.2. The van der Waals surface area contributed by atoms with Crippen molar-refractivity contribution in [2.24, 2.45) is 0 Å². The molecule has 2 nitrogen and oxygen atoms in total. The van der Waals surface area contributed by atoms with E-state index in [9.17, 15) is 0 Å². The maximum atomic E-state index is 15.2. The van der Waals surface area contributed by atoms with Crippen LogP contribution in [0.4, 0.5) is 42.9 Å². The van der Waals surface area contributed by atoms with Gasteiger partial charge in [-0.3, -0.25) is 0 Å². The van der Waals surface area contributed by atoms with Gasteiger partial charge >= 0.3 is 0 Å². The zero-order valence-electron chi connectivity index (χ0n) is 35.1. The molecule has 0 fully saturated rings. The van der Waals surface area contributed by atoms with Crippen molar-refractivity contribution in [1.29, 1.82) is 0 Å². The van der Waals surface area contributed by atoms with Crippen LogP contribution >= 0.6 is 0 Å². The first-order chi connectivity index (χ1) is 27.5. The van der Waals surface area contributed by atoms with Crippen molar-refractivity contribution >= 4 is 66.4 Å². The van der Waals surface area contributed by atoms with Crippen LogP contribution in [0, 0.1) is 11.6 Å². The number of halogens is 2. The maximum Gasteiger partial charge on any atom is 0.125 e. The fraction of sp³-hybridized carbons (Fsp3) is 0.222. The van der Waals surface area contributed by atoms with Gasteiger partial charge < -0.3 is 9.80 Å². The average molecular weight is 767 g/mol. The lowest BCUT2D eigenvalue weighted by Crippen LogP contribution is -2.14. The Balaban J connectivity index is 1.48. The fourth-order valence-electron chi connectivity index (χ4n) is 8.10. The molecule has 292 valence electrons. The van der Waals surface area contributed by atoms with Gasteiger partial charge in [-0.25, -0.2) is 8.78 Å². The second-order valence-electron chi connectivity index (χ2n) is 18.7. The van der Waals surface area contributed by atoms with E-state index in [1.165, 1.54) is 28.8 Å². The molecular weight excluding hydrogens is 715 g/mol. The van der Waals surface area contributed by atoms with Crippen LogP contribution in [0.25, 0.3) is 32.3 Å². The number of benzene rings is 8. The van der Waals surface area contributed by atoms with Crippen LogP contribution in [0.15, 0.2) is 152 Å². The molecule has 4 heteroatoms. The number of hydrogen-bond donors (Lipinski definition) is 0. The number of nitrogens with zero attached hydrogens (tertiary/aromatic N) is 2. The standard InChI is InChI=1S/C54H52F2N2/c1-52(2,3)35-20-25-40(26-21-35)57(42-16-12-14-38(55)31-42)50-34-49-47-30-37(54(7,8)9)24-29-46(47)51(33-48(49)44-18-10-11-19-45(44)50)58(43-17-13-15-39(56)32-43)41-27-22-36(23-28-41)53(4,5)6/h10-34H,1-9H3. The Kier molecular flexibility index (Phi) is 9.67. The Bertz CT molecular complexity index is 2800. The van der Waals surface area contributed by atoms with Gasteiger partial charge in [0.15, 0.2) is 0 Å². The lowest BCUT2D eigenvalue weighted by molar-refractivity contribution is 0.590. The molecule has 0 N–H and O–H groups in total. The van der Waals surface area contributed by atoms with Crippen LogP contribution < -0.4 is 9.80 Å². The van der Waals surface area contributed by atoms with Gasteiger partial charge in [-0.05, 0) is 133 Å². The van der Waals surface area contributed by atoms with Gasteiger partial charge in [0.05, 0.1) is 11.4 Å². The smallest absolute Gasteiger partial charge is 0.125 e. The highest BCUT2D eigenvalue weighted by Crippen LogP contribution is 2.48. The van der Waals surface area contributed by atoms with Gasteiger partial charge in [0, 0.05) is 33.5 Å². The number of rotatable bonds is 6. The summed E-state index contributed by atoms with van der Waals surface area (Å²) in [5.74, 6) is -0.589. The minimum Gasteiger partial charge on any atom is -0.310 e. The van der Waals surface area contributed by atoms with Gasteiger partial charge in [0.2, 0.25) is 0 Å². The maximum absolute atomic E-state index is 15.2. The molecule has 0 atom stereocenters. The van der Waals surface area contributed by atoms with Crippen molar-refractivity contribution in [1.82, 2.24) is 0 Å². The van der Waals surface area contributed by atoms with Crippen LogP contribution in [0.5, 0.6) is 0 Å². The van der Waals surface area contributed by atoms with Crippen molar-refractivity contribution in [3.8, 4) is 0 Å². The Morgan fingerprint density at radius 2 is 0.690 bits per heavy atom. The zero-order chi connectivity index (χ0) is 41.1. The minimum atomic E-state index is -0.295. The van der Waals surface area contributed by atoms with E-state index in [2.05, 4.69) is 175 Å². The summed E-state index contributed by atoms with van der Waals surface area (Å²) >= 11 is 0. The Morgan fingerprint density at radius 1 is 0.310 bits per heavy atom. The van der Waals surface area contributed by atoms with E-state index in [1.54, 1.807) is 24.3 Å². The zero-order valence-corrected chi connectivity index (χ0v) is 35.1. The van der Waals surface area contributed by atoms with Crippen molar-refractivity contribution in [3.63, 3.8) is 0 Å². The van der Waals surface area contributed by atoms with Gasteiger partial charge in [0.1, 0.15) is 11.6 Å². The van der Waals surface area contributed by atoms with Crippen molar-refractivity contribution in [2.75, 3.05) is 9.80 Å². The van der Waals surface area contributed by atoms with Gasteiger partial charge in [-0.1, -0.05) is 135 Å². The average Bonchev–Trinajstić information content (AvgIpc) is 3.17. The normalized spacial score (nSPS) is 12.4. The lowest BCUT2D eigenvalue weighted by atomic mass is 9.84. The highest BCUT2D eigenvalue weighted by Gasteiger charge is 2.25. The second kappa shape index (κ2) is 14.4. The molecule has 0 heterocycles. The molecule has 0 aliphatic carbocycles. The lowest BCUT2D eigenvalue weighted by Gasteiger charge is -2.31. The summed E-state index contributed by atoms with van der Waals surface area (Å²) in [5.41, 5.74) is 8.75. The molecule has 58 heavy (non-hydrogen) atoms. The fourth-order valence-corrected chi connectivity index (χ4v) is 8.10. The third kappa shape index (κ3) is 7.33. The van der Waals surface area contributed by atoms with Crippen LogP contribution in [0.1, 0.15) is 79.0 Å². The van der Waals surface area contributed by atoms with E-state index >= 15 is 8.78 Å². The van der Waals surface area contributed by atoms with Crippen molar-refractivity contribution in [2.45, 2.75) is 78.6 Å². The second-order valence-corrected chi connectivity index (χ2v) is 18.7. The largest absolute Gasteiger partial charge is 0.310 e. The van der Waals surface area contributed by atoms with Crippen molar-refractivity contribution < 1.29 is 8.78 Å². The molecular formula is C54H52F2N2. The molecule has 0 unspecified atom stereocenters. The summed E-state index contributed by atoms with van der Waals surface area (Å²) in [6, 6.07) is 50.8. The molecule has 0 bridgehead atoms. The predicted octanol–water partition coefficient (Wildman–Crippen LogP) is 16.3. The minimum absolute atomic E-state index is 0.0206. The molecule has 8 aromatic carbocycles. The van der Waals surface area contributed by atoms with Gasteiger partial charge in [0.25, 0.3) is 0 Å². The Labute approximate surface area is 342 Å². The third-order valence-corrected chi connectivity index (χ3v) is 11.4. The predicted molar refractivity (Wildman–Crippen MR) is 244 cm³/mol. The first kappa shape index (κ1) is 38.9. The van der Waals surface area contributed by atoms with Gasteiger partial charge in [-0.15, -0.1) is 0 Å². The molecule has 0 saturated carbocycles. The SMILES string of the molecule is CC(C)(C)c1ccc(N(c2cccc(F)c2)c2cc3c4cc(C(C)(C)C)ccc4c(N(c4ccc(C(C)(C)C)cc4)c4cccc(F)c4)cc3c3ccccc23)cc1. The molecule has 0 amide bonds. The molecule has 0 spiro atoms. The van der Waals surface area contributed by atoms with E-state index in [0.717, 1.165) is 66.4 Å². The summed E-state index contributed by atoms with van der Waals surface area (Å²) in [4.78, 5) is 4.37. The summed E-state index contributed by atoms with van der Waals surface area (Å²) < 4.78 is 30.4. The number of anilines is 6. The summed E-state index contributed by atoms with van der Waals surface area (Å²) in [6.45, 7) is 20.0. The summed E-state index contributed by atoms with van der Waals surface area (Å²) in [6.07, 6.45) is 0. The van der Waals surface area contributed by atoms with E-state index in [-0.39, 0.29) is 27.9 Å². The summed E-state index contributed by atoms with van der Waals surface area (Å²) in [5, 5.41) is 6.37. The van der Waals surface area contributed by atoms with E-state index in [1.807, 2.05) is 12.1 Å². The van der Waals surface area contributed by atoms with Gasteiger partial charge in [-0.2, -0.15) is 0 Å². The van der Waals surface area contributed by atoms with Crippen molar-refractivity contribution in [3.05, 3.63) is 180 Å². The first-order valence-electron chi connectivity index (χ1n) is 20.2. The van der Waals surface area contributed by atoms with Crippen LogP contribution in [-0.2, 0) is 16.2 Å². The molecule has 0 aromatic heterocycles. The topological polar surface area (TPSA) is 6.48 Å². The Hall–Kier alpha value is -6.00. The molecule has 0 aliphatic rings. The summed E-state index contributed by atoms with van der Waals surface area (Å²) in [7, 11) is 0. The van der Waals surface area contributed by atoms with E-state index in [0.29, 0.717) is 0 Å². The van der Waals surface area contributed by atoms with Crippen LogP contribution in [-0.4, -0.2) is 0 Å². The van der Waals surface area contributed by atoms with E-state index < -0.39 is 0 Å². The monoisotopic (exact) mass is 766 g/mol. The molecule has 8 aromatic rings. The molecule has 0 aliphatic heterocycles. The highest BCUT2D eigenvalue weighted by atomic mass is 19.1. The molecule has 8 rings (SSSR count). The van der Waals surface area contributed by atoms with Crippen LogP contribution in [0.2, 0.25) is 0 Å². The Morgan fingerprint density at radius 3 is 1.12 bits per heavy atom. The third-order valence-electron chi connectivity index (χ3n) is 11.4.